The molecule has 0 unspecified atom stereocenters. The zero-order valence-corrected chi connectivity index (χ0v) is 11.9. The first-order valence-electron chi connectivity index (χ1n) is 5.55. The SMILES string of the molecule is C[CH2][Al][CH2]C(CC)(CC)[O][Al][CH2]C. The fourth-order valence-electron chi connectivity index (χ4n) is 1.42. The number of hydrogen-bond acceptors (Lipinski definition) is 1. The Morgan fingerprint density at radius 1 is 1.00 bits per heavy atom. The molecule has 0 saturated carbocycles. The smallest absolute Gasteiger partial charge is 0.423 e. The quantitative estimate of drug-likeness (QED) is 0.561. The lowest BCUT2D eigenvalue weighted by Gasteiger charge is -2.34. The molecule has 0 aliphatic carbocycles. The van der Waals surface area contributed by atoms with Gasteiger partial charge in [0.15, 0.2) is 0 Å². The predicted molar refractivity (Wildman–Crippen MR) is 61.7 cm³/mol. The van der Waals surface area contributed by atoms with Crippen molar-refractivity contribution in [3.63, 3.8) is 0 Å². The van der Waals surface area contributed by atoms with Crippen LogP contribution in [0.2, 0.25) is 15.8 Å². The molecule has 0 spiro atoms. The van der Waals surface area contributed by atoms with Gasteiger partial charge in [0.1, 0.15) is 0 Å². The minimum Gasteiger partial charge on any atom is -0.503 e. The van der Waals surface area contributed by atoms with Gasteiger partial charge in [0.05, 0.1) is 0 Å². The molecule has 0 fully saturated rings. The van der Waals surface area contributed by atoms with E-state index in [2.05, 4.69) is 27.7 Å². The zero-order valence-electron chi connectivity index (χ0n) is 9.60. The Hall–Kier alpha value is 1.02. The molecule has 0 saturated heterocycles. The summed E-state index contributed by atoms with van der Waals surface area (Å²) >= 11 is 0.860. The first-order valence-corrected chi connectivity index (χ1v) is 8.47. The third-order valence-electron chi connectivity index (χ3n) is 2.59. The average molecular weight is 212 g/mol. The molecule has 1 nitrogen and oxygen atoms in total. The largest absolute Gasteiger partial charge is 0.503 e. The molecular formula is C10H22Al2O. The van der Waals surface area contributed by atoms with Crippen LogP contribution in [0.3, 0.4) is 0 Å². The van der Waals surface area contributed by atoms with E-state index in [1.165, 1.54) is 28.7 Å². The van der Waals surface area contributed by atoms with E-state index in [1.807, 2.05) is 0 Å². The summed E-state index contributed by atoms with van der Waals surface area (Å²) in [5.41, 5.74) is 0.261. The normalized spacial score (nSPS) is 11.4. The number of hydrogen-bond donors (Lipinski definition) is 0. The minimum atomic E-state index is 0.243. The lowest BCUT2D eigenvalue weighted by atomic mass is 10.0. The second-order valence-electron chi connectivity index (χ2n) is 3.48. The van der Waals surface area contributed by atoms with E-state index >= 15 is 0 Å². The second kappa shape index (κ2) is 8.34. The van der Waals surface area contributed by atoms with E-state index < -0.39 is 0 Å². The molecule has 0 aromatic carbocycles. The van der Waals surface area contributed by atoms with Crippen LogP contribution in [0.1, 0.15) is 40.5 Å². The molecule has 3 heteroatoms. The molecule has 2 radical (unpaired) electrons. The monoisotopic (exact) mass is 212 g/mol. The van der Waals surface area contributed by atoms with Crippen LogP contribution in [-0.4, -0.2) is 36.4 Å². The Morgan fingerprint density at radius 2 is 1.62 bits per heavy atom. The lowest BCUT2D eigenvalue weighted by Crippen LogP contribution is -2.33. The van der Waals surface area contributed by atoms with Crippen molar-refractivity contribution in [2.75, 3.05) is 0 Å². The highest BCUT2D eigenvalue weighted by atomic mass is 27.1. The van der Waals surface area contributed by atoms with Crippen LogP contribution < -0.4 is 0 Å². The van der Waals surface area contributed by atoms with Gasteiger partial charge in [-0.2, -0.15) is 0 Å². The molecule has 0 N–H and O–H groups in total. The van der Waals surface area contributed by atoms with Crippen molar-refractivity contribution in [2.24, 2.45) is 0 Å². The van der Waals surface area contributed by atoms with E-state index in [-0.39, 0.29) is 21.2 Å². The zero-order chi connectivity index (χ0) is 10.2. The van der Waals surface area contributed by atoms with E-state index in [1.54, 1.807) is 0 Å². The lowest BCUT2D eigenvalue weighted by molar-refractivity contribution is 0.0853. The summed E-state index contributed by atoms with van der Waals surface area (Å²) in [7, 11) is 0. The van der Waals surface area contributed by atoms with Crippen LogP contribution in [0.5, 0.6) is 0 Å². The van der Waals surface area contributed by atoms with Crippen LogP contribution in [0.15, 0.2) is 0 Å². The minimum absolute atomic E-state index is 0.243. The molecule has 0 heterocycles. The van der Waals surface area contributed by atoms with Gasteiger partial charge in [0.25, 0.3) is 0 Å². The van der Waals surface area contributed by atoms with Crippen molar-refractivity contribution in [3.05, 3.63) is 0 Å². The highest BCUT2D eigenvalue weighted by molar-refractivity contribution is 6.36. The fourth-order valence-corrected chi connectivity index (χ4v) is 4.05. The summed E-state index contributed by atoms with van der Waals surface area (Å²) in [4.78, 5) is 0. The maximum absolute atomic E-state index is 6.08. The second-order valence-corrected chi connectivity index (χ2v) is 6.67. The van der Waals surface area contributed by atoms with Crippen molar-refractivity contribution in [1.82, 2.24) is 0 Å². The molecule has 0 amide bonds. The Morgan fingerprint density at radius 3 is 2.00 bits per heavy atom. The van der Waals surface area contributed by atoms with Crippen LogP contribution in [0.25, 0.3) is 0 Å². The molecule has 0 rings (SSSR count). The van der Waals surface area contributed by atoms with Crippen molar-refractivity contribution in [1.29, 1.82) is 0 Å². The van der Waals surface area contributed by atoms with Crippen LogP contribution in [0.4, 0.5) is 0 Å². The predicted octanol–water partition coefficient (Wildman–Crippen LogP) is 3.18. The summed E-state index contributed by atoms with van der Waals surface area (Å²) in [5.74, 6) is 0. The molecule has 0 aliphatic rings. The third kappa shape index (κ3) is 5.46. The van der Waals surface area contributed by atoms with Gasteiger partial charge in [0, 0.05) is 5.60 Å². The van der Waals surface area contributed by atoms with Crippen LogP contribution in [0, 0.1) is 0 Å². The van der Waals surface area contributed by atoms with Crippen LogP contribution >= 0.6 is 0 Å². The standard InChI is InChI=1S/C6H12O.2C2H5.2Al/c1-4-6(3,7)5-2;2*1-2;;/h3-5H2,1-2H3;2*1H2,2H3;;/q-1;;;;+1. The summed E-state index contributed by atoms with van der Waals surface area (Å²) < 4.78 is 6.08. The summed E-state index contributed by atoms with van der Waals surface area (Å²) in [5, 5.41) is 3.93. The Balaban J connectivity index is 3.97. The fraction of sp³-hybridized carbons (Fsp3) is 1.00. The van der Waals surface area contributed by atoms with Crippen molar-refractivity contribution in [2.45, 2.75) is 62.0 Å². The van der Waals surface area contributed by atoms with Gasteiger partial charge in [0.2, 0.25) is 15.2 Å². The maximum Gasteiger partial charge on any atom is 0.423 e. The summed E-state index contributed by atoms with van der Waals surface area (Å²) in [6, 6.07) is 0. The topological polar surface area (TPSA) is 9.23 Å². The molecule has 0 atom stereocenters. The highest BCUT2D eigenvalue weighted by Gasteiger charge is 2.24. The first-order chi connectivity index (χ1) is 6.24. The summed E-state index contributed by atoms with van der Waals surface area (Å²) in [6.07, 6.45) is 2.40. The van der Waals surface area contributed by atoms with Crippen molar-refractivity contribution < 1.29 is 3.79 Å². The van der Waals surface area contributed by atoms with Gasteiger partial charge < -0.3 is 3.79 Å². The Kier molecular flexibility index (Phi) is 9.00. The van der Waals surface area contributed by atoms with Crippen molar-refractivity contribution in [3.8, 4) is 0 Å². The van der Waals surface area contributed by atoms with E-state index in [0.29, 0.717) is 15.2 Å². The molecule has 13 heavy (non-hydrogen) atoms. The highest BCUT2D eigenvalue weighted by Crippen LogP contribution is 2.25. The van der Waals surface area contributed by atoms with Gasteiger partial charge in [-0.1, -0.05) is 38.3 Å². The average Bonchev–Trinajstić information content (AvgIpc) is 2.20. The van der Waals surface area contributed by atoms with E-state index in [9.17, 15) is 0 Å². The molecule has 0 aromatic heterocycles. The van der Waals surface area contributed by atoms with E-state index in [0.717, 1.165) is 0 Å². The molecular weight excluding hydrogens is 190 g/mol. The third-order valence-corrected chi connectivity index (χ3v) is 5.20. The molecule has 0 bridgehead atoms. The van der Waals surface area contributed by atoms with E-state index in [4.69, 9.17) is 3.79 Å². The molecule has 74 valence electrons. The van der Waals surface area contributed by atoms with Gasteiger partial charge in [-0.25, -0.2) is 0 Å². The van der Waals surface area contributed by atoms with Gasteiger partial charge in [-0.15, -0.1) is 5.28 Å². The number of rotatable bonds is 8. The van der Waals surface area contributed by atoms with Gasteiger partial charge >= 0.3 is 15.6 Å². The Labute approximate surface area is 96.4 Å². The summed E-state index contributed by atoms with van der Waals surface area (Å²) in [6.45, 7) is 9.05. The maximum atomic E-state index is 6.08. The molecule has 0 aliphatic heterocycles. The Bertz CT molecular complexity index is 103. The van der Waals surface area contributed by atoms with Gasteiger partial charge in [-0.05, 0) is 12.8 Å². The van der Waals surface area contributed by atoms with Gasteiger partial charge in [-0.3, -0.25) is 0 Å². The first kappa shape index (κ1) is 14.0. The van der Waals surface area contributed by atoms with Crippen molar-refractivity contribution >= 4 is 30.8 Å². The van der Waals surface area contributed by atoms with Crippen LogP contribution in [-0.2, 0) is 3.79 Å². The molecule has 0 aromatic rings.